The van der Waals surface area contributed by atoms with E-state index in [1.807, 2.05) is 6.92 Å². The largest absolute Gasteiger partial charge is 0.347 e. The lowest BCUT2D eigenvalue weighted by Crippen LogP contribution is -2.52. The molecule has 1 aliphatic rings. The summed E-state index contributed by atoms with van der Waals surface area (Å²) in [4.78, 5) is 24.2. The second-order valence-electron chi connectivity index (χ2n) is 3.48. The standard InChI is InChI=1S/C9H17N3O2/c1-3-12(2)8(13)6-11-9(14)7-4-10-5-7/h7,10H,3-6H2,1-2H3,(H,11,14). The Bertz CT molecular complexity index is 209. The molecule has 1 rings (SSSR count). The second-order valence-corrected chi connectivity index (χ2v) is 3.48. The highest BCUT2D eigenvalue weighted by molar-refractivity contribution is 5.86. The third-order valence-electron chi connectivity index (χ3n) is 2.47. The Morgan fingerprint density at radius 2 is 2.14 bits per heavy atom. The van der Waals surface area contributed by atoms with Crippen LogP contribution in [0, 0.1) is 5.92 Å². The molecule has 0 radical (unpaired) electrons. The van der Waals surface area contributed by atoms with E-state index in [4.69, 9.17) is 0 Å². The summed E-state index contributed by atoms with van der Waals surface area (Å²) in [5, 5.41) is 5.64. The topological polar surface area (TPSA) is 61.4 Å². The Kier molecular flexibility index (Phi) is 3.88. The molecule has 0 spiro atoms. The first-order valence-electron chi connectivity index (χ1n) is 4.87. The highest BCUT2D eigenvalue weighted by atomic mass is 16.2. The molecule has 0 bridgehead atoms. The molecule has 1 saturated heterocycles. The molecule has 80 valence electrons. The third kappa shape index (κ3) is 2.70. The first kappa shape index (κ1) is 11.0. The average molecular weight is 199 g/mol. The van der Waals surface area contributed by atoms with E-state index < -0.39 is 0 Å². The van der Waals surface area contributed by atoms with Gasteiger partial charge in [-0.2, -0.15) is 0 Å². The van der Waals surface area contributed by atoms with Gasteiger partial charge in [0.25, 0.3) is 0 Å². The second kappa shape index (κ2) is 4.95. The molecule has 0 aromatic heterocycles. The van der Waals surface area contributed by atoms with Crippen LogP contribution in [0.2, 0.25) is 0 Å². The van der Waals surface area contributed by atoms with Crippen LogP contribution in [0.25, 0.3) is 0 Å². The van der Waals surface area contributed by atoms with Crippen LogP contribution in [0.3, 0.4) is 0 Å². The molecule has 5 nitrogen and oxygen atoms in total. The molecule has 0 aliphatic carbocycles. The first-order valence-corrected chi connectivity index (χ1v) is 4.87. The smallest absolute Gasteiger partial charge is 0.241 e. The van der Waals surface area contributed by atoms with Crippen LogP contribution >= 0.6 is 0 Å². The summed E-state index contributed by atoms with van der Waals surface area (Å²) in [6.07, 6.45) is 0. The van der Waals surface area contributed by atoms with Crippen LogP contribution in [0.5, 0.6) is 0 Å². The van der Waals surface area contributed by atoms with Gasteiger partial charge in [0.15, 0.2) is 0 Å². The number of nitrogens with zero attached hydrogens (tertiary/aromatic N) is 1. The van der Waals surface area contributed by atoms with Gasteiger partial charge in [-0.05, 0) is 6.92 Å². The maximum absolute atomic E-state index is 11.3. The average Bonchev–Trinajstić information content (AvgIpc) is 2.10. The van der Waals surface area contributed by atoms with Crippen molar-refractivity contribution in [3.63, 3.8) is 0 Å². The molecule has 1 heterocycles. The lowest BCUT2D eigenvalue weighted by molar-refractivity contribution is -0.133. The van der Waals surface area contributed by atoms with Crippen molar-refractivity contribution in [3.05, 3.63) is 0 Å². The van der Waals surface area contributed by atoms with Crippen molar-refractivity contribution in [3.8, 4) is 0 Å². The summed E-state index contributed by atoms with van der Waals surface area (Å²) >= 11 is 0. The molecule has 5 heteroatoms. The van der Waals surface area contributed by atoms with E-state index in [1.165, 1.54) is 0 Å². The molecular weight excluding hydrogens is 182 g/mol. The monoisotopic (exact) mass is 199 g/mol. The van der Waals surface area contributed by atoms with Gasteiger partial charge < -0.3 is 15.5 Å². The zero-order valence-electron chi connectivity index (χ0n) is 8.67. The number of rotatable bonds is 4. The van der Waals surface area contributed by atoms with E-state index in [0.29, 0.717) is 6.54 Å². The van der Waals surface area contributed by atoms with Crippen molar-refractivity contribution in [2.24, 2.45) is 5.92 Å². The van der Waals surface area contributed by atoms with E-state index in [2.05, 4.69) is 10.6 Å². The Labute approximate surface area is 83.8 Å². The summed E-state index contributed by atoms with van der Waals surface area (Å²) in [5.41, 5.74) is 0. The number of nitrogens with one attached hydrogen (secondary N) is 2. The fourth-order valence-electron chi connectivity index (χ4n) is 1.09. The molecule has 0 saturated carbocycles. The van der Waals surface area contributed by atoms with Crippen molar-refractivity contribution < 1.29 is 9.59 Å². The van der Waals surface area contributed by atoms with Crippen LogP contribution in [0.4, 0.5) is 0 Å². The van der Waals surface area contributed by atoms with Gasteiger partial charge in [-0.3, -0.25) is 9.59 Å². The molecule has 0 unspecified atom stereocenters. The highest BCUT2D eigenvalue weighted by Gasteiger charge is 2.24. The van der Waals surface area contributed by atoms with E-state index in [1.54, 1.807) is 11.9 Å². The van der Waals surface area contributed by atoms with E-state index in [0.717, 1.165) is 13.1 Å². The van der Waals surface area contributed by atoms with Crippen LogP contribution in [0.15, 0.2) is 0 Å². The number of hydrogen-bond acceptors (Lipinski definition) is 3. The zero-order chi connectivity index (χ0) is 10.6. The van der Waals surface area contributed by atoms with E-state index in [-0.39, 0.29) is 24.3 Å². The Morgan fingerprint density at radius 1 is 1.50 bits per heavy atom. The Balaban J connectivity index is 2.18. The van der Waals surface area contributed by atoms with Crippen LogP contribution in [0.1, 0.15) is 6.92 Å². The van der Waals surface area contributed by atoms with E-state index >= 15 is 0 Å². The molecule has 0 aromatic carbocycles. The van der Waals surface area contributed by atoms with E-state index in [9.17, 15) is 9.59 Å². The minimum absolute atomic E-state index is 0.0263. The Morgan fingerprint density at radius 3 is 2.57 bits per heavy atom. The maximum Gasteiger partial charge on any atom is 0.241 e. The van der Waals surface area contributed by atoms with Gasteiger partial charge in [-0.15, -0.1) is 0 Å². The number of carbonyl (C=O) groups is 2. The van der Waals surface area contributed by atoms with Crippen molar-refractivity contribution in [2.75, 3.05) is 33.2 Å². The van der Waals surface area contributed by atoms with Gasteiger partial charge in [-0.1, -0.05) is 0 Å². The molecule has 1 fully saturated rings. The minimum Gasteiger partial charge on any atom is -0.347 e. The van der Waals surface area contributed by atoms with Crippen LogP contribution in [-0.2, 0) is 9.59 Å². The number of carbonyl (C=O) groups excluding carboxylic acids is 2. The quantitative estimate of drug-likeness (QED) is 0.598. The molecule has 14 heavy (non-hydrogen) atoms. The number of amides is 2. The minimum atomic E-state index is -0.0480. The lowest BCUT2D eigenvalue weighted by Gasteiger charge is -2.26. The first-order chi connectivity index (χ1) is 6.65. The molecule has 1 aliphatic heterocycles. The normalized spacial score (nSPS) is 15.9. The predicted octanol–water partition coefficient (Wildman–Crippen LogP) is -1.20. The molecule has 2 N–H and O–H groups in total. The molecular formula is C9H17N3O2. The number of hydrogen-bond donors (Lipinski definition) is 2. The summed E-state index contributed by atoms with van der Waals surface area (Å²) < 4.78 is 0. The fraction of sp³-hybridized carbons (Fsp3) is 0.778. The van der Waals surface area contributed by atoms with Crippen LogP contribution < -0.4 is 10.6 Å². The molecule has 0 aromatic rings. The van der Waals surface area contributed by atoms with Crippen LogP contribution in [-0.4, -0.2) is 49.9 Å². The lowest BCUT2D eigenvalue weighted by atomic mass is 10.0. The predicted molar refractivity (Wildman–Crippen MR) is 52.7 cm³/mol. The Hall–Kier alpha value is -1.10. The summed E-state index contributed by atoms with van der Waals surface area (Å²) in [7, 11) is 1.72. The zero-order valence-corrected chi connectivity index (χ0v) is 8.67. The summed E-state index contributed by atoms with van der Waals surface area (Å²) in [6.45, 7) is 4.13. The summed E-state index contributed by atoms with van der Waals surface area (Å²) in [5.74, 6) is -0.0236. The number of likely N-dealkylation sites (N-methyl/N-ethyl adjacent to an activating group) is 1. The highest BCUT2D eigenvalue weighted by Crippen LogP contribution is 2.01. The van der Waals surface area contributed by atoms with Gasteiger partial charge in [0, 0.05) is 26.7 Å². The SMILES string of the molecule is CCN(C)C(=O)CNC(=O)C1CNC1. The molecule has 0 atom stereocenters. The fourth-order valence-corrected chi connectivity index (χ4v) is 1.09. The van der Waals surface area contributed by atoms with Gasteiger partial charge in [0.2, 0.25) is 11.8 Å². The van der Waals surface area contributed by atoms with Crippen molar-refractivity contribution >= 4 is 11.8 Å². The van der Waals surface area contributed by atoms with Gasteiger partial charge in [-0.25, -0.2) is 0 Å². The summed E-state index contributed by atoms with van der Waals surface area (Å²) in [6, 6.07) is 0. The molecule has 2 amide bonds. The van der Waals surface area contributed by atoms with Gasteiger partial charge in [0.1, 0.15) is 0 Å². The van der Waals surface area contributed by atoms with Gasteiger partial charge >= 0.3 is 0 Å². The van der Waals surface area contributed by atoms with Crippen molar-refractivity contribution in [2.45, 2.75) is 6.92 Å². The van der Waals surface area contributed by atoms with Crippen molar-refractivity contribution in [1.82, 2.24) is 15.5 Å². The third-order valence-corrected chi connectivity index (χ3v) is 2.47. The maximum atomic E-state index is 11.3. The van der Waals surface area contributed by atoms with Crippen molar-refractivity contribution in [1.29, 1.82) is 0 Å². The van der Waals surface area contributed by atoms with Gasteiger partial charge in [0.05, 0.1) is 12.5 Å².